The Labute approximate surface area is 192 Å². The van der Waals surface area contributed by atoms with E-state index >= 15 is 0 Å². The molecule has 2 aliphatic rings. The summed E-state index contributed by atoms with van der Waals surface area (Å²) >= 11 is 3.44. The molecule has 8 nitrogen and oxygen atoms in total. The first-order chi connectivity index (χ1) is 15.2. The van der Waals surface area contributed by atoms with Gasteiger partial charge < -0.3 is 19.3 Å². The van der Waals surface area contributed by atoms with Crippen molar-refractivity contribution in [2.24, 2.45) is 0 Å². The predicted molar refractivity (Wildman–Crippen MR) is 126 cm³/mol. The molecule has 0 atom stereocenters. The summed E-state index contributed by atoms with van der Waals surface area (Å²) in [6.07, 6.45) is 1.05. The highest BCUT2D eigenvalue weighted by atomic mass is 32.2. The summed E-state index contributed by atoms with van der Waals surface area (Å²) in [5.41, 5.74) is 2.02. The van der Waals surface area contributed by atoms with Gasteiger partial charge in [0.2, 0.25) is 0 Å². The summed E-state index contributed by atoms with van der Waals surface area (Å²) in [5.74, 6) is 3.97. The number of ether oxygens (including phenoxy) is 2. The highest BCUT2D eigenvalue weighted by molar-refractivity contribution is 8.00. The Balaban J connectivity index is 1.26. The molecule has 2 aromatic rings. The van der Waals surface area contributed by atoms with Crippen LogP contribution in [0.3, 0.4) is 0 Å². The van der Waals surface area contributed by atoms with Crippen LogP contribution in [0.15, 0.2) is 22.4 Å². The SMILES string of the molecule is Cc1cc(N2CCOCC2)nc(SCCCSc2nc(C)cc(N3CCOCC3)n2)n1. The summed E-state index contributed by atoms with van der Waals surface area (Å²) in [5, 5.41) is 1.71. The van der Waals surface area contributed by atoms with Crippen molar-refractivity contribution in [3.05, 3.63) is 23.5 Å². The first kappa shape index (κ1) is 22.6. The minimum atomic E-state index is 0.761. The van der Waals surface area contributed by atoms with E-state index < -0.39 is 0 Å². The fourth-order valence-electron chi connectivity index (χ4n) is 3.47. The molecule has 4 rings (SSSR count). The number of nitrogens with zero attached hydrogens (tertiary/aromatic N) is 6. The van der Waals surface area contributed by atoms with Crippen molar-refractivity contribution < 1.29 is 9.47 Å². The van der Waals surface area contributed by atoms with Crippen LogP contribution in [-0.4, -0.2) is 84.0 Å². The van der Waals surface area contributed by atoms with Gasteiger partial charge in [0.05, 0.1) is 26.4 Å². The number of thioether (sulfide) groups is 2. The van der Waals surface area contributed by atoms with Crippen LogP contribution >= 0.6 is 23.5 Å². The Morgan fingerprint density at radius 2 is 1.13 bits per heavy atom. The molecule has 0 unspecified atom stereocenters. The molecule has 0 radical (unpaired) electrons. The molecule has 0 spiro atoms. The third-order valence-corrected chi connectivity index (χ3v) is 6.93. The zero-order valence-electron chi connectivity index (χ0n) is 18.2. The average Bonchev–Trinajstić information content (AvgIpc) is 2.79. The van der Waals surface area contributed by atoms with Gasteiger partial charge in [0.25, 0.3) is 0 Å². The van der Waals surface area contributed by atoms with Gasteiger partial charge in [-0.1, -0.05) is 23.5 Å². The van der Waals surface area contributed by atoms with E-state index in [4.69, 9.17) is 19.4 Å². The molecule has 168 valence electrons. The van der Waals surface area contributed by atoms with E-state index in [1.807, 2.05) is 13.8 Å². The molecule has 2 aromatic heterocycles. The van der Waals surface area contributed by atoms with Gasteiger partial charge in [0, 0.05) is 61.2 Å². The van der Waals surface area contributed by atoms with Gasteiger partial charge in [0.15, 0.2) is 10.3 Å². The lowest BCUT2D eigenvalue weighted by Crippen LogP contribution is -2.36. The van der Waals surface area contributed by atoms with Crippen molar-refractivity contribution in [1.82, 2.24) is 19.9 Å². The van der Waals surface area contributed by atoms with Crippen molar-refractivity contribution in [3.63, 3.8) is 0 Å². The Bertz CT molecular complexity index is 790. The molecule has 0 amide bonds. The predicted octanol–water partition coefficient (Wildman–Crippen LogP) is 2.83. The molecule has 0 N–H and O–H groups in total. The maximum absolute atomic E-state index is 5.45. The Morgan fingerprint density at radius 1 is 0.710 bits per heavy atom. The average molecular weight is 463 g/mol. The fraction of sp³-hybridized carbons (Fsp3) is 0.619. The second-order valence-electron chi connectivity index (χ2n) is 7.55. The van der Waals surface area contributed by atoms with Crippen molar-refractivity contribution in [1.29, 1.82) is 0 Å². The van der Waals surface area contributed by atoms with E-state index in [0.29, 0.717) is 0 Å². The van der Waals surface area contributed by atoms with Crippen LogP contribution < -0.4 is 9.80 Å². The van der Waals surface area contributed by atoms with E-state index in [1.165, 1.54) is 0 Å². The summed E-state index contributed by atoms with van der Waals surface area (Å²) in [4.78, 5) is 23.3. The number of hydrogen-bond donors (Lipinski definition) is 0. The van der Waals surface area contributed by atoms with Gasteiger partial charge in [0.1, 0.15) is 11.6 Å². The number of rotatable bonds is 8. The molecule has 0 aliphatic carbocycles. The standard InChI is InChI=1S/C21H30N6O2S2/c1-16-14-18(26-4-8-28-9-5-26)24-20(22-16)30-12-3-13-31-21-23-17(2)15-19(25-21)27-6-10-29-11-7-27/h14-15H,3-13H2,1-2H3. The lowest BCUT2D eigenvalue weighted by atomic mass is 10.3. The first-order valence-electron chi connectivity index (χ1n) is 10.8. The van der Waals surface area contributed by atoms with Crippen LogP contribution in [-0.2, 0) is 9.47 Å². The summed E-state index contributed by atoms with van der Waals surface area (Å²) in [6.45, 7) is 10.7. The van der Waals surface area contributed by atoms with Crippen molar-refractivity contribution in [2.45, 2.75) is 30.6 Å². The van der Waals surface area contributed by atoms with Gasteiger partial charge >= 0.3 is 0 Å². The van der Waals surface area contributed by atoms with Crippen LogP contribution in [0.1, 0.15) is 17.8 Å². The molecular formula is C21H30N6O2S2. The quantitative estimate of drug-likeness (QED) is 0.332. The van der Waals surface area contributed by atoms with Crippen LogP contribution in [0.25, 0.3) is 0 Å². The van der Waals surface area contributed by atoms with Crippen molar-refractivity contribution in [2.75, 3.05) is 73.9 Å². The Kier molecular flexibility index (Phi) is 8.23. The normalized spacial score (nSPS) is 17.2. The zero-order valence-corrected chi connectivity index (χ0v) is 19.9. The van der Waals surface area contributed by atoms with Gasteiger partial charge in [-0.15, -0.1) is 0 Å². The molecule has 31 heavy (non-hydrogen) atoms. The monoisotopic (exact) mass is 462 g/mol. The number of hydrogen-bond acceptors (Lipinski definition) is 10. The van der Waals surface area contributed by atoms with Crippen LogP contribution in [0, 0.1) is 13.8 Å². The summed E-state index contributed by atoms with van der Waals surface area (Å²) < 4.78 is 10.9. The molecule has 2 fully saturated rings. The van der Waals surface area contributed by atoms with Gasteiger partial charge in [-0.2, -0.15) is 0 Å². The molecule has 10 heteroatoms. The maximum Gasteiger partial charge on any atom is 0.189 e. The van der Waals surface area contributed by atoms with Crippen LogP contribution in [0.5, 0.6) is 0 Å². The van der Waals surface area contributed by atoms with E-state index in [9.17, 15) is 0 Å². The summed E-state index contributed by atoms with van der Waals surface area (Å²) in [7, 11) is 0. The molecule has 0 bridgehead atoms. The molecule has 0 aromatic carbocycles. The Hall–Kier alpha value is -1.62. The van der Waals surface area contributed by atoms with Crippen molar-refractivity contribution in [3.8, 4) is 0 Å². The lowest BCUT2D eigenvalue weighted by molar-refractivity contribution is 0.122. The fourth-order valence-corrected chi connectivity index (χ4v) is 5.33. The highest BCUT2D eigenvalue weighted by Gasteiger charge is 2.15. The second kappa shape index (κ2) is 11.3. The van der Waals surface area contributed by atoms with E-state index in [1.54, 1.807) is 23.5 Å². The third-order valence-electron chi connectivity index (χ3n) is 5.06. The molecule has 2 aliphatic heterocycles. The first-order valence-corrected chi connectivity index (χ1v) is 12.8. The second-order valence-corrected chi connectivity index (χ2v) is 9.67. The lowest BCUT2D eigenvalue weighted by Gasteiger charge is -2.28. The van der Waals surface area contributed by atoms with Gasteiger partial charge in [-0.05, 0) is 20.3 Å². The molecule has 4 heterocycles. The third kappa shape index (κ3) is 6.68. The van der Waals surface area contributed by atoms with E-state index in [0.717, 1.165) is 104 Å². The number of aromatic nitrogens is 4. The molecule has 0 saturated carbocycles. The van der Waals surface area contributed by atoms with E-state index in [-0.39, 0.29) is 0 Å². The van der Waals surface area contributed by atoms with Gasteiger partial charge in [-0.3, -0.25) is 0 Å². The number of aryl methyl sites for hydroxylation is 2. The summed E-state index contributed by atoms with van der Waals surface area (Å²) in [6, 6.07) is 4.12. The highest BCUT2D eigenvalue weighted by Crippen LogP contribution is 2.24. The van der Waals surface area contributed by atoms with E-state index in [2.05, 4.69) is 31.9 Å². The largest absolute Gasteiger partial charge is 0.378 e. The van der Waals surface area contributed by atoms with Crippen LogP contribution in [0.2, 0.25) is 0 Å². The smallest absolute Gasteiger partial charge is 0.189 e. The zero-order chi connectivity index (χ0) is 21.5. The van der Waals surface area contributed by atoms with Gasteiger partial charge in [-0.25, -0.2) is 19.9 Å². The Morgan fingerprint density at radius 3 is 1.55 bits per heavy atom. The number of anilines is 2. The minimum absolute atomic E-state index is 0.761. The van der Waals surface area contributed by atoms with Crippen LogP contribution in [0.4, 0.5) is 11.6 Å². The minimum Gasteiger partial charge on any atom is -0.378 e. The van der Waals surface area contributed by atoms with Crippen molar-refractivity contribution >= 4 is 35.2 Å². The molecular weight excluding hydrogens is 432 g/mol. The topological polar surface area (TPSA) is 76.5 Å². The number of morpholine rings is 2. The molecule has 2 saturated heterocycles. The maximum atomic E-state index is 5.45.